The van der Waals surface area contributed by atoms with Crippen molar-refractivity contribution < 1.29 is 5.11 Å². The minimum absolute atomic E-state index is 0.253. The molecule has 0 aliphatic heterocycles. The summed E-state index contributed by atoms with van der Waals surface area (Å²) in [5.74, 6) is 0.693. The molecule has 0 bridgehead atoms. The van der Waals surface area contributed by atoms with E-state index in [-0.39, 0.29) is 11.4 Å². The second-order valence-corrected chi connectivity index (χ2v) is 5.14. The maximum Gasteiger partial charge on any atom is 0.254 e. The lowest BCUT2D eigenvalue weighted by Crippen LogP contribution is -2.08. The van der Waals surface area contributed by atoms with E-state index in [0.717, 1.165) is 15.4 Å². The van der Waals surface area contributed by atoms with E-state index in [9.17, 15) is 9.90 Å². The molecule has 0 amide bonds. The molecule has 0 saturated heterocycles. The highest BCUT2D eigenvalue weighted by Crippen LogP contribution is 2.28. The van der Waals surface area contributed by atoms with E-state index in [4.69, 9.17) is 0 Å². The number of aromatic amines is 1. The molecular weight excluding hydrogens is 304 g/mol. The van der Waals surface area contributed by atoms with Gasteiger partial charge in [-0.1, -0.05) is 12.1 Å². The van der Waals surface area contributed by atoms with Crippen molar-refractivity contribution in [3.8, 4) is 5.88 Å². The summed E-state index contributed by atoms with van der Waals surface area (Å²) in [6.07, 6.45) is 0. The highest BCUT2D eigenvalue weighted by atomic mass is 79.9. The lowest BCUT2D eigenvalue weighted by atomic mass is 10.4. The molecule has 0 aliphatic carbocycles. The van der Waals surface area contributed by atoms with Crippen molar-refractivity contribution in [1.29, 1.82) is 0 Å². The summed E-state index contributed by atoms with van der Waals surface area (Å²) < 4.78 is 0.993. The van der Waals surface area contributed by atoms with Gasteiger partial charge in [0.1, 0.15) is 5.82 Å². The standard InChI is InChI=1S/C11H9BrN2O2S/c12-7-3-1-2-4-8(7)17-6-9-13-10(15)5-11(16)14-9/h1-5H,6H2,(H2,13,14,15,16). The van der Waals surface area contributed by atoms with Gasteiger partial charge in [0.2, 0.25) is 5.88 Å². The smallest absolute Gasteiger partial charge is 0.254 e. The summed E-state index contributed by atoms with van der Waals surface area (Å²) in [7, 11) is 0. The Bertz CT molecular complexity index is 586. The third kappa shape index (κ3) is 3.34. The summed E-state index contributed by atoms with van der Waals surface area (Å²) in [6, 6.07) is 8.83. The molecule has 17 heavy (non-hydrogen) atoms. The van der Waals surface area contributed by atoms with Crippen molar-refractivity contribution >= 4 is 27.7 Å². The summed E-state index contributed by atoms with van der Waals surface area (Å²) in [6.45, 7) is 0. The number of nitrogens with one attached hydrogen (secondary N) is 1. The minimum atomic E-state index is -0.347. The van der Waals surface area contributed by atoms with Crippen LogP contribution in [-0.2, 0) is 5.75 Å². The van der Waals surface area contributed by atoms with Gasteiger partial charge in [0.25, 0.3) is 5.56 Å². The van der Waals surface area contributed by atoms with Gasteiger partial charge in [0.05, 0.1) is 11.8 Å². The molecule has 6 heteroatoms. The largest absolute Gasteiger partial charge is 0.493 e. The van der Waals surface area contributed by atoms with Crippen molar-refractivity contribution in [2.75, 3.05) is 0 Å². The molecule has 88 valence electrons. The minimum Gasteiger partial charge on any atom is -0.493 e. The Balaban J connectivity index is 2.13. The molecule has 0 spiro atoms. The van der Waals surface area contributed by atoms with Crippen LogP contribution in [-0.4, -0.2) is 15.1 Å². The second kappa shape index (κ2) is 5.37. The average molecular weight is 313 g/mol. The molecule has 0 atom stereocenters. The zero-order chi connectivity index (χ0) is 12.3. The summed E-state index contributed by atoms with van der Waals surface area (Å²) >= 11 is 4.96. The van der Waals surface area contributed by atoms with Crippen molar-refractivity contribution in [3.05, 3.63) is 51.0 Å². The first-order valence-corrected chi connectivity index (χ1v) is 6.59. The predicted molar refractivity (Wildman–Crippen MR) is 70.2 cm³/mol. The maximum atomic E-state index is 11.1. The number of thioether (sulfide) groups is 1. The fourth-order valence-electron chi connectivity index (χ4n) is 1.27. The Hall–Kier alpha value is -1.27. The van der Waals surface area contributed by atoms with Crippen LogP contribution in [0.1, 0.15) is 5.82 Å². The number of halogens is 1. The van der Waals surface area contributed by atoms with Gasteiger partial charge in [0, 0.05) is 9.37 Å². The molecular formula is C11H9BrN2O2S. The van der Waals surface area contributed by atoms with Crippen molar-refractivity contribution in [3.63, 3.8) is 0 Å². The van der Waals surface area contributed by atoms with Crippen molar-refractivity contribution in [2.45, 2.75) is 10.6 Å². The third-order valence-corrected chi connectivity index (χ3v) is 4.02. The van der Waals surface area contributed by atoms with Crippen molar-refractivity contribution in [1.82, 2.24) is 9.97 Å². The molecule has 0 unspecified atom stereocenters. The molecule has 2 N–H and O–H groups in total. The van der Waals surface area contributed by atoms with E-state index in [0.29, 0.717) is 11.6 Å². The van der Waals surface area contributed by atoms with Crippen LogP contribution in [0.25, 0.3) is 0 Å². The third-order valence-electron chi connectivity index (χ3n) is 1.98. The number of aromatic hydroxyl groups is 1. The second-order valence-electron chi connectivity index (χ2n) is 3.27. The van der Waals surface area contributed by atoms with Gasteiger partial charge < -0.3 is 10.1 Å². The lowest BCUT2D eigenvalue weighted by molar-refractivity contribution is 0.449. The molecule has 0 fully saturated rings. The predicted octanol–water partition coefficient (Wildman–Crippen LogP) is 2.53. The molecule has 2 aromatic rings. The van der Waals surface area contributed by atoms with Crippen LogP contribution in [0.15, 0.2) is 44.5 Å². The first kappa shape index (κ1) is 12.2. The molecule has 4 nitrogen and oxygen atoms in total. The number of aromatic nitrogens is 2. The van der Waals surface area contributed by atoms with E-state index < -0.39 is 0 Å². The quantitative estimate of drug-likeness (QED) is 0.855. The van der Waals surface area contributed by atoms with Crippen LogP contribution >= 0.6 is 27.7 Å². The number of H-pyrrole nitrogens is 1. The molecule has 0 aliphatic rings. The highest BCUT2D eigenvalue weighted by Gasteiger charge is 2.03. The molecule has 0 saturated carbocycles. The van der Waals surface area contributed by atoms with Crippen LogP contribution in [0, 0.1) is 0 Å². The SMILES string of the molecule is O=c1cc(O)nc(CSc2ccccc2Br)[nH]1. The van der Waals surface area contributed by atoms with Crippen molar-refractivity contribution in [2.24, 2.45) is 0 Å². The van der Waals surface area contributed by atoms with Crippen LogP contribution in [0.5, 0.6) is 5.88 Å². The van der Waals surface area contributed by atoms with Gasteiger partial charge >= 0.3 is 0 Å². The van der Waals surface area contributed by atoms with Gasteiger partial charge in [-0.25, -0.2) is 0 Å². The first-order valence-electron chi connectivity index (χ1n) is 4.81. The molecule has 0 radical (unpaired) electrons. The van der Waals surface area contributed by atoms with Crippen LogP contribution in [0.3, 0.4) is 0 Å². The summed E-state index contributed by atoms with van der Waals surface area (Å²) in [5.41, 5.74) is -0.347. The van der Waals surface area contributed by atoms with E-state index in [1.54, 1.807) is 0 Å². The zero-order valence-electron chi connectivity index (χ0n) is 8.68. The normalized spacial score (nSPS) is 10.4. The Morgan fingerprint density at radius 2 is 2.18 bits per heavy atom. The molecule has 2 rings (SSSR count). The summed E-state index contributed by atoms with van der Waals surface area (Å²) in [5, 5.41) is 9.20. The zero-order valence-corrected chi connectivity index (χ0v) is 11.1. The Morgan fingerprint density at radius 1 is 1.41 bits per heavy atom. The number of hydrogen-bond donors (Lipinski definition) is 2. The van der Waals surface area contributed by atoms with E-state index in [1.807, 2.05) is 24.3 Å². The van der Waals surface area contributed by atoms with Crippen LogP contribution < -0.4 is 5.56 Å². The monoisotopic (exact) mass is 312 g/mol. The number of benzene rings is 1. The van der Waals surface area contributed by atoms with Gasteiger partial charge in [-0.3, -0.25) is 4.79 Å². The maximum absolute atomic E-state index is 11.1. The Morgan fingerprint density at radius 3 is 2.88 bits per heavy atom. The topological polar surface area (TPSA) is 66.0 Å². The van der Waals surface area contributed by atoms with E-state index >= 15 is 0 Å². The Kier molecular flexibility index (Phi) is 3.86. The molecule has 1 heterocycles. The van der Waals surface area contributed by atoms with Gasteiger partial charge in [-0.2, -0.15) is 4.98 Å². The fraction of sp³-hybridized carbons (Fsp3) is 0.0909. The summed E-state index contributed by atoms with van der Waals surface area (Å²) in [4.78, 5) is 18.6. The van der Waals surface area contributed by atoms with E-state index in [1.165, 1.54) is 11.8 Å². The number of nitrogens with zero attached hydrogens (tertiary/aromatic N) is 1. The van der Waals surface area contributed by atoms with Crippen LogP contribution in [0.4, 0.5) is 0 Å². The van der Waals surface area contributed by atoms with Gasteiger partial charge in [-0.15, -0.1) is 11.8 Å². The van der Waals surface area contributed by atoms with Gasteiger partial charge in [0.15, 0.2) is 0 Å². The molecule has 1 aromatic heterocycles. The van der Waals surface area contributed by atoms with Gasteiger partial charge in [-0.05, 0) is 28.1 Å². The Labute approximate surface area is 110 Å². The number of hydrogen-bond acceptors (Lipinski definition) is 4. The van der Waals surface area contributed by atoms with E-state index in [2.05, 4.69) is 25.9 Å². The fourth-order valence-corrected chi connectivity index (χ4v) is 2.71. The average Bonchev–Trinajstić information content (AvgIpc) is 2.27. The van der Waals surface area contributed by atoms with Crippen LogP contribution in [0.2, 0.25) is 0 Å². The molecule has 1 aromatic carbocycles. The first-order chi connectivity index (χ1) is 8.15. The highest BCUT2D eigenvalue weighted by molar-refractivity contribution is 9.10. The lowest BCUT2D eigenvalue weighted by Gasteiger charge is -2.03. The number of rotatable bonds is 3.